The Labute approximate surface area is 166 Å². The lowest BCUT2D eigenvalue weighted by Gasteiger charge is -2.51. The minimum Gasteiger partial charge on any atom is -0.400 e. The van der Waals surface area contributed by atoms with Crippen molar-refractivity contribution >= 4 is 29.2 Å². The summed E-state index contributed by atoms with van der Waals surface area (Å²) in [4.78, 5) is 42.2. The van der Waals surface area contributed by atoms with E-state index in [9.17, 15) is 19.6 Å². The van der Waals surface area contributed by atoms with Crippen LogP contribution in [0.3, 0.4) is 0 Å². The molecule has 0 aromatic carbocycles. The van der Waals surface area contributed by atoms with Crippen molar-refractivity contribution in [2.45, 2.75) is 25.2 Å². The fraction of sp³-hybridized carbons (Fsp3) is 0.400. The Morgan fingerprint density at radius 1 is 1.25 bits per heavy atom. The minimum absolute atomic E-state index is 0.0426. The van der Waals surface area contributed by atoms with Crippen LogP contribution in [0.25, 0.3) is 0 Å². The maximum Gasteiger partial charge on any atom is 0.332 e. The predicted octanol–water partition coefficient (Wildman–Crippen LogP) is 2.34. The number of imide groups is 2. The van der Waals surface area contributed by atoms with Gasteiger partial charge in [-0.25, -0.2) is 4.79 Å². The molecule has 1 spiro atoms. The molecule has 8 heteroatoms. The van der Waals surface area contributed by atoms with Crippen molar-refractivity contribution < 1.29 is 14.4 Å². The normalized spacial score (nSPS) is 27.0. The van der Waals surface area contributed by atoms with Gasteiger partial charge in [0.05, 0.1) is 11.3 Å². The van der Waals surface area contributed by atoms with Gasteiger partial charge in [0.25, 0.3) is 11.8 Å². The summed E-state index contributed by atoms with van der Waals surface area (Å²) < 4.78 is 0. The molecule has 1 aliphatic heterocycles. The second-order valence-corrected chi connectivity index (χ2v) is 8.39. The zero-order valence-electron chi connectivity index (χ0n) is 15.6. The molecule has 2 unspecified atom stereocenters. The number of rotatable bonds is 1. The molecule has 2 atom stereocenters. The number of hydrogen-bond acceptors (Lipinski definition) is 6. The smallest absolute Gasteiger partial charge is 0.332 e. The van der Waals surface area contributed by atoms with Crippen LogP contribution >= 0.6 is 11.3 Å². The van der Waals surface area contributed by atoms with Gasteiger partial charge in [-0.3, -0.25) is 19.4 Å². The van der Waals surface area contributed by atoms with Gasteiger partial charge < -0.3 is 5.73 Å². The summed E-state index contributed by atoms with van der Waals surface area (Å²) in [7, 11) is 2.71. The molecule has 3 aliphatic rings. The van der Waals surface area contributed by atoms with Crippen molar-refractivity contribution in [2.24, 2.45) is 17.1 Å². The Kier molecular flexibility index (Phi) is 4.16. The molecule has 4 rings (SSSR count). The molecule has 144 valence electrons. The summed E-state index contributed by atoms with van der Waals surface area (Å²) in [5, 5.41) is 11.7. The number of fused-ring (bicyclic) bond motifs is 1. The van der Waals surface area contributed by atoms with Gasteiger partial charge in [0, 0.05) is 24.9 Å². The van der Waals surface area contributed by atoms with Crippen LogP contribution in [0, 0.1) is 22.7 Å². The maximum atomic E-state index is 13.5. The summed E-state index contributed by atoms with van der Waals surface area (Å²) in [6, 6.07) is 5.21. The van der Waals surface area contributed by atoms with Gasteiger partial charge in [-0.15, -0.1) is 11.3 Å². The van der Waals surface area contributed by atoms with Gasteiger partial charge in [0.15, 0.2) is 5.41 Å². The first kappa shape index (κ1) is 18.4. The number of barbiturate groups is 1. The van der Waals surface area contributed by atoms with Crippen molar-refractivity contribution in [3.63, 3.8) is 0 Å². The van der Waals surface area contributed by atoms with E-state index in [1.165, 1.54) is 25.4 Å². The lowest BCUT2D eigenvalue weighted by Crippen LogP contribution is -2.68. The fourth-order valence-electron chi connectivity index (χ4n) is 4.88. The Balaban J connectivity index is 2.10. The van der Waals surface area contributed by atoms with Crippen molar-refractivity contribution in [1.29, 1.82) is 5.26 Å². The van der Waals surface area contributed by atoms with Crippen LogP contribution < -0.4 is 5.73 Å². The number of hydrogen-bond donors (Lipinski definition) is 1. The Morgan fingerprint density at radius 2 is 1.93 bits per heavy atom. The highest BCUT2D eigenvalue weighted by Crippen LogP contribution is 2.59. The summed E-state index contributed by atoms with van der Waals surface area (Å²) in [5.74, 6) is -2.05. The average Bonchev–Trinajstić information content (AvgIpc) is 3.23. The summed E-state index contributed by atoms with van der Waals surface area (Å²) in [5.41, 5.74) is 5.66. The highest BCUT2D eigenvalue weighted by atomic mass is 32.1. The largest absolute Gasteiger partial charge is 0.400 e. The predicted molar refractivity (Wildman–Crippen MR) is 103 cm³/mol. The number of amides is 4. The molecular formula is C20H20N4O3S. The van der Waals surface area contributed by atoms with Crippen LogP contribution in [0.1, 0.15) is 30.1 Å². The molecule has 2 N–H and O–H groups in total. The topological polar surface area (TPSA) is 108 Å². The van der Waals surface area contributed by atoms with Crippen LogP contribution in [0.2, 0.25) is 0 Å². The molecule has 0 radical (unpaired) electrons. The third-order valence-corrected chi connectivity index (χ3v) is 7.11. The van der Waals surface area contributed by atoms with Gasteiger partial charge >= 0.3 is 6.03 Å². The number of carbonyl (C=O) groups excluding carboxylic acids is 3. The van der Waals surface area contributed by atoms with Crippen LogP contribution in [0.5, 0.6) is 0 Å². The fourth-order valence-corrected chi connectivity index (χ4v) is 5.84. The zero-order valence-corrected chi connectivity index (χ0v) is 16.5. The monoisotopic (exact) mass is 396 g/mol. The van der Waals surface area contributed by atoms with E-state index in [0.717, 1.165) is 39.5 Å². The minimum atomic E-state index is -1.79. The number of nitriles is 1. The standard InChI is InChI=1S/C20H20N4O3S/c1-23-17(25)20(18(26)24(2)19(23)27)15(14-8-5-9-28-14)12-7-4-3-6-11(12)13(10-21)16(20)22/h5-6,8-9,12,15H,3-4,7,22H2,1-2H3. The van der Waals surface area contributed by atoms with E-state index in [-0.39, 0.29) is 17.2 Å². The second kappa shape index (κ2) is 6.31. The van der Waals surface area contributed by atoms with Crippen LogP contribution in [0.15, 0.2) is 40.4 Å². The van der Waals surface area contributed by atoms with E-state index >= 15 is 0 Å². The van der Waals surface area contributed by atoms with E-state index in [1.807, 2.05) is 23.6 Å². The third kappa shape index (κ3) is 2.11. The summed E-state index contributed by atoms with van der Waals surface area (Å²) in [6.07, 6.45) is 4.48. The van der Waals surface area contributed by atoms with Crippen molar-refractivity contribution in [2.75, 3.05) is 14.1 Å². The van der Waals surface area contributed by atoms with Crippen LogP contribution in [0.4, 0.5) is 4.79 Å². The van der Waals surface area contributed by atoms with E-state index < -0.39 is 29.2 Å². The van der Waals surface area contributed by atoms with Gasteiger partial charge in [0.2, 0.25) is 0 Å². The van der Waals surface area contributed by atoms with Gasteiger partial charge in [-0.05, 0) is 42.2 Å². The van der Waals surface area contributed by atoms with E-state index in [2.05, 4.69) is 6.07 Å². The van der Waals surface area contributed by atoms with Crippen LogP contribution in [-0.4, -0.2) is 41.7 Å². The molecular weight excluding hydrogens is 376 g/mol. The first-order valence-electron chi connectivity index (χ1n) is 9.11. The molecule has 28 heavy (non-hydrogen) atoms. The average molecular weight is 396 g/mol. The number of nitrogens with zero attached hydrogens (tertiary/aromatic N) is 3. The van der Waals surface area contributed by atoms with Gasteiger partial charge in [0.1, 0.15) is 6.07 Å². The molecule has 1 aromatic rings. The van der Waals surface area contributed by atoms with E-state index in [4.69, 9.17) is 5.73 Å². The summed E-state index contributed by atoms with van der Waals surface area (Å²) >= 11 is 1.46. The van der Waals surface area contributed by atoms with Crippen molar-refractivity contribution in [3.05, 3.63) is 45.3 Å². The highest BCUT2D eigenvalue weighted by molar-refractivity contribution is 7.10. The lowest BCUT2D eigenvalue weighted by molar-refractivity contribution is -0.157. The second-order valence-electron chi connectivity index (χ2n) is 7.41. The van der Waals surface area contributed by atoms with Crippen LogP contribution in [-0.2, 0) is 9.59 Å². The molecule has 7 nitrogen and oxygen atoms in total. The molecule has 2 aliphatic carbocycles. The number of allylic oxidation sites excluding steroid dienone is 3. The Hall–Kier alpha value is -2.92. The number of nitrogens with two attached hydrogens (primary N) is 1. The molecule has 1 aromatic heterocycles. The number of urea groups is 1. The van der Waals surface area contributed by atoms with Crippen molar-refractivity contribution in [3.8, 4) is 6.07 Å². The maximum absolute atomic E-state index is 13.5. The lowest BCUT2D eigenvalue weighted by atomic mass is 9.55. The van der Waals surface area contributed by atoms with Gasteiger partial charge in [-0.1, -0.05) is 12.1 Å². The van der Waals surface area contributed by atoms with Gasteiger partial charge in [-0.2, -0.15) is 5.26 Å². The molecule has 1 fully saturated rings. The SMILES string of the molecule is CN1C(=O)N(C)C(=O)C2(C1=O)C(N)=C(C#N)C1=CCCCC1C2c1cccs1. The zero-order chi connectivity index (χ0) is 20.2. The molecule has 1 saturated heterocycles. The third-order valence-electron chi connectivity index (χ3n) is 6.15. The highest BCUT2D eigenvalue weighted by Gasteiger charge is 2.66. The van der Waals surface area contributed by atoms with E-state index in [0.29, 0.717) is 0 Å². The first-order chi connectivity index (χ1) is 13.4. The molecule has 2 heterocycles. The molecule has 0 bridgehead atoms. The van der Waals surface area contributed by atoms with E-state index in [1.54, 1.807) is 0 Å². The Morgan fingerprint density at radius 3 is 2.50 bits per heavy atom. The Bertz CT molecular complexity index is 962. The first-order valence-corrected chi connectivity index (χ1v) is 9.99. The number of thiophene rings is 1. The molecule has 0 saturated carbocycles. The molecule has 4 amide bonds. The summed E-state index contributed by atoms with van der Waals surface area (Å²) in [6.45, 7) is 0. The van der Waals surface area contributed by atoms with Crippen molar-refractivity contribution in [1.82, 2.24) is 9.80 Å². The quantitative estimate of drug-likeness (QED) is 0.733. The number of carbonyl (C=O) groups is 3.